The molecule has 2 fully saturated rings. The highest BCUT2D eigenvalue weighted by Gasteiger charge is 2.26. The minimum atomic E-state index is -3.16. The van der Waals surface area contributed by atoms with Gasteiger partial charge in [-0.05, 0) is 42.8 Å². The van der Waals surface area contributed by atoms with E-state index >= 15 is 0 Å². The lowest BCUT2D eigenvalue weighted by Crippen LogP contribution is -2.21. The van der Waals surface area contributed by atoms with Crippen molar-refractivity contribution in [1.82, 2.24) is 5.32 Å². The van der Waals surface area contributed by atoms with Gasteiger partial charge >= 0.3 is 13.2 Å². The smallest absolute Gasteiger partial charge is 0.387 e. The molecule has 0 atom stereocenters. The van der Waals surface area contributed by atoms with Crippen LogP contribution in [-0.4, -0.2) is 30.3 Å². The van der Waals surface area contributed by atoms with Crippen molar-refractivity contribution in [2.24, 2.45) is 4.99 Å². The summed E-state index contributed by atoms with van der Waals surface area (Å²) in [6.07, 6.45) is 5.49. The Morgan fingerprint density at radius 3 is 2.52 bits per heavy atom. The van der Waals surface area contributed by atoms with E-state index in [4.69, 9.17) is 0 Å². The lowest BCUT2D eigenvalue weighted by atomic mass is 10.1. The number of ether oxygens (including phenoxy) is 2. The fourth-order valence-corrected chi connectivity index (χ4v) is 3.72. The van der Waals surface area contributed by atoms with Crippen molar-refractivity contribution >= 4 is 28.9 Å². The first kappa shape index (κ1) is 19.5. The molecule has 5 nitrogen and oxygen atoms in total. The maximum absolute atomic E-state index is 12.6. The number of carbonyl (C=O) groups is 1. The summed E-state index contributed by atoms with van der Waals surface area (Å²) in [5.74, 6) is -1.10. The summed E-state index contributed by atoms with van der Waals surface area (Å²) in [6.45, 7) is -6.26. The zero-order valence-corrected chi connectivity index (χ0v) is 14.8. The minimum Gasteiger partial charge on any atom is -0.435 e. The molecule has 1 saturated heterocycles. The second-order valence-corrected chi connectivity index (χ2v) is 6.92. The summed E-state index contributed by atoms with van der Waals surface area (Å²) < 4.78 is 58.5. The average Bonchev–Trinajstić information content (AvgIpc) is 3.19. The number of aliphatic imine (C=N–C) groups is 1. The summed E-state index contributed by atoms with van der Waals surface area (Å²) >= 11 is 1.10. The summed E-state index contributed by atoms with van der Waals surface area (Å²) in [6, 6.07) is 3.55. The van der Waals surface area contributed by atoms with Crippen molar-refractivity contribution in [2.45, 2.75) is 44.9 Å². The van der Waals surface area contributed by atoms with Crippen LogP contribution in [0.4, 0.5) is 17.6 Å². The van der Waals surface area contributed by atoms with Gasteiger partial charge in [0.15, 0.2) is 5.17 Å². The quantitative estimate of drug-likeness (QED) is 0.564. The first-order valence-corrected chi connectivity index (χ1v) is 9.05. The van der Waals surface area contributed by atoms with Gasteiger partial charge in [-0.25, -0.2) is 0 Å². The molecule has 0 spiro atoms. The van der Waals surface area contributed by atoms with Gasteiger partial charge in [0.2, 0.25) is 0 Å². The molecule has 146 valence electrons. The molecule has 0 bridgehead atoms. The lowest BCUT2D eigenvalue weighted by Gasteiger charge is -2.11. The second kappa shape index (κ2) is 8.64. The summed E-state index contributed by atoms with van der Waals surface area (Å²) in [7, 11) is 0. The molecule has 2 aliphatic rings. The molecular formula is C17H16F4N2O3S. The topological polar surface area (TPSA) is 59.9 Å². The van der Waals surface area contributed by atoms with Crippen LogP contribution in [-0.2, 0) is 4.79 Å². The molecule has 1 saturated carbocycles. The van der Waals surface area contributed by atoms with Crippen LogP contribution in [0.2, 0.25) is 0 Å². The zero-order chi connectivity index (χ0) is 19.4. The van der Waals surface area contributed by atoms with Crippen LogP contribution in [0.1, 0.15) is 31.2 Å². The van der Waals surface area contributed by atoms with Gasteiger partial charge in [-0.1, -0.05) is 12.8 Å². The van der Waals surface area contributed by atoms with Crippen molar-refractivity contribution in [1.29, 1.82) is 0 Å². The molecule has 27 heavy (non-hydrogen) atoms. The summed E-state index contributed by atoms with van der Waals surface area (Å²) in [4.78, 5) is 16.8. The minimum absolute atomic E-state index is 0.136. The van der Waals surface area contributed by atoms with Gasteiger partial charge < -0.3 is 14.8 Å². The number of alkyl halides is 4. The molecule has 1 aliphatic carbocycles. The number of rotatable bonds is 6. The Morgan fingerprint density at radius 2 is 1.85 bits per heavy atom. The van der Waals surface area contributed by atoms with Crippen LogP contribution in [0, 0.1) is 0 Å². The van der Waals surface area contributed by atoms with Crippen molar-refractivity contribution < 1.29 is 31.8 Å². The van der Waals surface area contributed by atoms with Gasteiger partial charge in [0.05, 0.1) is 10.9 Å². The Morgan fingerprint density at radius 1 is 1.15 bits per heavy atom. The Balaban J connectivity index is 1.83. The van der Waals surface area contributed by atoms with Crippen molar-refractivity contribution in [3.05, 3.63) is 28.7 Å². The van der Waals surface area contributed by atoms with E-state index in [9.17, 15) is 22.4 Å². The third-order valence-corrected chi connectivity index (χ3v) is 4.91. The van der Waals surface area contributed by atoms with E-state index in [0.717, 1.165) is 43.5 Å². The van der Waals surface area contributed by atoms with E-state index < -0.39 is 19.1 Å². The highest BCUT2D eigenvalue weighted by Crippen LogP contribution is 2.33. The van der Waals surface area contributed by atoms with Crippen LogP contribution in [0.15, 0.2) is 28.1 Å². The molecule has 0 aromatic heterocycles. The molecule has 1 N–H and O–H groups in total. The Labute approximate surface area is 156 Å². The van der Waals surface area contributed by atoms with Crippen molar-refractivity contribution in [3.8, 4) is 11.5 Å². The van der Waals surface area contributed by atoms with Gasteiger partial charge in [0.1, 0.15) is 11.5 Å². The van der Waals surface area contributed by atoms with Crippen molar-refractivity contribution in [3.63, 3.8) is 0 Å². The number of carbonyl (C=O) groups excluding carboxylic acids is 1. The van der Waals surface area contributed by atoms with Gasteiger partial charge in [-0.3, -0.25) is 9.79 Å². The second-order valence-electron chi connectivity index (χ2n) is 5.89. The largest absolute Gasteiger partial charge is 0.435 e. The third kappa shape index (κ3) is 5.38. The lowest BCUT2D eigenvalue weighted by molar-refractivity contribution is -0.115. The maximum Gasteiger partial charge on any atom is 0.387 e. The van der Waals surface area contributed by atoms with E-state index in [-0.39, 0.29) is 28.0 Å². The molecule has 1 aromatic rings. The number of hydrogen-bond acceptors (Lipinski definition) is 5. The van der Waals surface area contributed by atoms with E-state index in [1.54, 1.807) is 0 Å². The first-order chi connectivity index (χ1) is 12.9. The highest BCUT2D eigenvalue weighted by atomic mass is 32.2. The van der Waals surface area contributed by atoms with Crippen LogP contribution in [0.3, 0.4) is 0 Å². The number of hydrogen-bond donors (Lipinski definition) is 1. The Kier molecular flexibility index (Phi) is 6.25. The highest BCUT2D eigenvalue weighted by molar-refractivity contribution is 8.18. The molecule has 0 unspecified atom stereocenters. The number of amides is 1. The fourth-order valence-electron chi connectivity index (χ4n) is 2.84. The number of nitrogens with zero attached hydrogens (tertiary/aromatic N) is 1. The van der Waals surface area contributed by atoms with Crippen LogP contribution < -0.4 is 14.8 Å². The SMILES string of the molecule is O=C1NC(=NC2CCCC2)SC1=Cc1ccc(OC(F)F)cc1OC(F)F. The molecule has 1 amide bonds. The standard InChI is InChI=1S/C17H16F4N2O3S/c18-15(19)25-11-6-5-9(12(8-11)26-16(20)21)7-13-14(24)23-17(27-13)22-10-3-1-2-4-10/h5-8,10,15-16H,1-4H2,(H,22,23,24). The summed E-state index contributed by atoms with van der Waals surface area (Å²) in [5.41, 5.74) is 0.136. The molecule has 3 rings (SSSR count). The van der Waals surface area contributed by atoms with Crippen LogP contribution >= 0.6 is 11.8 Å². The predicted molar refractivity (Wildman–Crippen MR) is 93.1 cm³/mol. The van der Waals surface area contributed by atoms with E-state index in [0.29, 0.717) is 5.17 Å². The van der Waals surface area contributed by atoms with E-state index in [1.807, 2.05) is 0 Å². The predicted octanol–water partition coefficient (Wildman–Crippen LogP) is 4.39. The van der Waals surface area contributed by atoms with Gasteiger partial charge in [0.25, 0.3) is 5.91 Å². The van der Waals surface area contributed by atoms with Crippen LogP contribution in [0.5, 0.6) is 11.5 Å². The third-order valence-electron chi connectivity index (χ3n) is 3.99. The first-order valence-electron chi connectivity index (χ1n) is 8.23. The van der Waals surface area contributed by atoms with Crippen molar-refractivity contribution in [2.75, 3.05) is 0 Å². The van der Waals surface area contributed by atoms with Gasteiger partial charge in [-0.2, -0.15) is 17.6 Å². The summed E-state index contributed by atoms with van der Waals surface area (Å²) in [5, 5.41) is 3.11. The normalized spacial score (nSPS) is 20.9. The Hall–Kier alpha value is -2.23. The van der Waals surface area contributed by atoms with Crippen LogP contribution in [0.25, 0.3) is 6.08 Å². The number of halogens is 4. The molecule has 10 heteroatoms. The Bertz CT molecular complexity index is 765. The fraction of sp³-hybridized carbons (Fsp3) is 0.412. The average molecular weight is 404 g/mol. The number of amidine groups is 1. The monoisotopic (exact) mass is 404 g/mol. The van der Waals surface area contributed by atoms with Gasteiger partial charge in [-0.15, -0.1) is 0 Å². The van der Waals surface area contributed by atoms with Gasteiger partial charge in [0, 0.05) is 11.6 Å². The molecule has 0 radical (unpaired) electrons. The number of thioether (sulfide) groups is 1. The molecule has 1 aliphatic heterocycles. The zero-order valence-electron chi connectivity index (χ0n) is 14.0. The maximum atomic E-state index is 12.6. The number of nitrogens with one attached hydrogen (secondary N) is 1. The molecule has 1 aromatic carbocycles. The van der Waals surface area contributed by atoms with E-state index in [2.05, 4.69) is 19.8 Å². The van der Waals surface area contributed by atoms with E-state index in [1.165, 1.54) is 18.2 Å². The number of benzene rings is 1. The molecule has 1 heterocycles. The molecular weight excluding hydrogens is 388 g/mol.